The average molecular weight is 547 g/mol. The Labute approximate surface area is 211 Å². The van der Waals surface area contributed by atoms with Crippen LogP contribution in [0.3, 0.4) is 0 Å². The van der Waals surface area contributed by atoms with Crippen LogP contribution in [0.25, 0.3) is 10.8 Å². The number of carboxylic acids is 2. The summed E-state index contributed by atoms with van der Waals surface area (Å²) in [6.07, 6.45) is -10.2. The highest BCUT2D eigenvalue weighted by molar-refractivity contribution is 5.97. The smallest absolute Gasteiger partial charge is 0.475 e. The minimum Gasteiger partial charge on any atom is -0.475 e. The zero-order valence-corrected chi connectivity index (χ0v) is 19.6. The molecule has 0 heterocycles. The van der Waals surface area contributed by atoms with Crippen molar-refractivity contribution in [2.45, 2.75) is 31.9 Å². The number of amides is 1. The molecule has 14 heteroatoms. The Kier molecular flexibility index (Phi) is 11.1. The number of fused-ring (bicyclic) bond motifs is 1. The van der Waals surface area contributed by atoms with Gasteiger partial charge in [-0.25, -0.2) is 9.59 Å². The van der Waals surface area contributed by atoms with Crippen molar-refractivity contribution in [3.05, 3.63) is 77.4 Å². The van der Waals surface area contributed by atoms with Crippen LogP contribution in [0.1, 0.15) is 34.5 Å². The maximum atomic E-state index is 12.7. The lowest BCUT2D eigenvalue weighted by Crippen LogP contribution is -2.28. The van der Waals surface area contributed by atoms with Crippen LogP contribution >= 0.6 is 0 Å². The Hall–Kier alpha value is -4.33. The molecule has 0 aliphatic carbocycles. The van der Waals surface area contributed by atoms with Crippen molar-refractivity contribution in [2.75, 3.05) is 5.73 Å². The van der Waals surface area contributed by atoms with Gasteiger partial charge in [-0.3, -0.25) is 4.79 Å². The monoisotopic (exact) mass is 547 g/mol. The van der Waals surface area contributed by atoms with Crippen LogP contribution in [0.5, 0.6) is 0 Å². The molecule has 3 aromatic carbocycles. The Morgan fingerprint density at radius 2 is 1.37 bits per heavy atom. The standard InChI is InChI=1S/C20H21N3O.2C2HF3O2/c1-13(17-8-4-6-14-5-2-3-7-18(14)17)23-20(24)19-11-16(22)10-9-15(19)12-21;2*3-2(4,5)1(6)7/h2-11,13H,12,21-22H2,1H3,(H,23,24);2*(H,6,7)/t13-;;/m1../s1. The van der Waals surface area contributed by atoms with Crippen molar-refractivity contribution in [3.63, 3.8) is 0 Å². The SMILES string of the molecule is C[C@@H](NC(=O)c1cc(N)ccc1CN)c1cccc2ccccc12.O=C(O)C(F)(F)F.O=C(O)C(F)(F)F. The molecule has 0 saturated heterocycles. The van der Waals surface area contributed by atoms with E-state index in [9.17, 15) is 31.1 Å². The van der Waals surface area contributed by atoms with Crippen molar-refractivity contribution < 1.29 is 50.9 Å². The summed E-state index contributed by atoms with van der Waals surface area (Å²) in [5, 5.41) is 19.6. The Balaban J connectivity index is 0.000000426. The third-order valence-corrected chi connectivity index (χ3v) is 4.72. The number of hydrogen-bond donors (Lipinski definition) is 5. The molecule has 0 unspecified atom stereocenters. The fourth-order valence-corrected chi connectivity index (χ4v) is 2.96. The van der Waals surface area contributed by atoms with Crippen LogP contribution in [-0.4, -0.2) is 40.4 Å². The van der Waals surface area contributed by atoms with Gasteiger partial charge in [0.25, 0.3) is 5.91 Å². The lowest BCUT2D eigenvalue weighted by molar-refractivity contribution is -0.193. The minimum absolute atomic E-state index is 0.129. The molecule has 0 radical (unpaired) electrons. The van der Waals surface area contributed by atoms with Gasteiger partial charge in [-0.05, 0) is 41.0 Å². The van der Waals surface area contributed by atoms with E-state index in [4.69, 9.17) is 31.3 Å². The van der Waals surface area contributed by atoms with E-state index in [-0.39, 0.29) is 11.9 Å². The van der Waals surface area contributed by atoms with Crippen molar-refractivity contribution in [2.24, 2.45) is 5.73 Å². The summed E-state index contributed by atoms with van der Waals surface area (Å²) < 4.78 is 63.5. The second kappa shape index (κ2) is 13.3. The summed E-state index contributed by atoms with van der Waals surface area (Å²) in [5.74, 6) is -5.68. The Bertz CT molecular complexity index is 1250. The summed E-state index contributed by atoms with van der Waals surface area (Å²) >= 11 is 0. The summed E-state index contributed by atoms with van der Waals surface area (Å²) in [6.45, 7) is 2.28. The van der Waals surface area contributed by atoms with E-state index >= 15 is 0 Å². The Morgan fingerprint density at radius 3 is 1.87 bits per heavy atom. The average Bonchev–Trinajstić information content (AvgIpc) is 2.83. The van der Waals surface area contributed by atoms with E-state index < -0.39 is 24.3 Å². The van der Waals surface area contributed by atoms with E-state index in [0.29, 0.717) is 17.8 Å². The lowest BCUT2D eigenvalue weighted by Gasteiger charge is -2.18. The molecule has 206 valence electrons. The van der Waals surface area contributed by atoms with Crippen LogP contribution in [0.4, 0.5) is 32.0 Å². The summed E-state index contributed by atoms with van der Waals surface area (Å²) in [6, 6.07) is 19.4. The number of carbonyl (C=O) groups excluding carboxylic acids is 1. The number of aliphatic carboxylic acids is 2. The fraction of sp³-hybridized carbons (Fsp3) is 0.208. The molecule has 0 spiro atoms. The first kappa shape index (κ1) is 31.7. The van der Waals surface area contributed by atoms with Gasteiger partial charge in [-0.15, -0.1) is 0 Å². The molecule has 0 aromatic heterocycles. The number of rotatable bonds is 4. The van der Waals surface area contributed by atoms with Gasteiger partial charge in [0.15, 0.2) is 0 Å². The molecule has 0 aliphatic heterocycles. The first-order valence-electron chi connectivity index (χ1n) is 10.5. The molecule has 3 aromatic rings. The van der Waals surface area contributed by atoms with Crippen molar-refractivity contribution in [1.29, 1.82) is 0 Å². The predicted octanol–water partition coefficient (Wildman–Crippen LogP) is 4.64. The van der Waals surface area contributed by atoms with Gasteiger partial charge in [0.2, 0.25) is 0 Å². The van der Waals surface area contributed by atoms with E-state index in [0.717, 1.165) is 21.9 Å². The molecule has 38 heavy (non-hydrogen) atoms. The second-order valence-corrected chi connectivity index (χ2v) is 7.49. The maximum absolute atomic E-state index is 12.7. The van der Waals surface area contributed by atoms with Crippen LogP contribution in [0.2, 0.25) is 0 Å². The first-order chi connectivity index (χ1) is 17.5. The number of nitrogen functional groups attached to an aromatic ring is 1. The summed E-state index contributed by atoms with van der Waals surface area (Å²) in [4.78, 5) is 30.5. The highest BCUT2D eigenvalue weighted by Crippen LogP contribution is 2.25. The highest BCUT2D eigenvalue weighted by Gasteiger charge is 2.38. The molecule has 8 nitrogen and oxygen atoms in total. The van der Waals surface area contributed by atoms with E-state index in [1.54, 1.807) is 18.2 Å². The van der Waals surface area contributed by atoms with Crippen LogP contribution in [0, 0.1) is 0 Å². The molecule has 0 bridgehead atoms. The first-order valence-corrected chi connectivity index (χ1v) is 10.5. The van der Waals surface area contributed by atoms with Crippen LogP contribution in [-0.2, 0) is 16.1 Å². The zero-order chi connectivity index (χ0) is 29.3. The number of benzene rings is 3. The molecular weight excluding hydrogens is 524 g/mol. The van der Waals surface area contributed by atoms with E-state index in [1.807, 2.05) is 31.2 Å². The number of nitrogens with one attached hydrogen (secondary N) is 1. The molecule has 1 atom stereocenters. The predicted molar refractivity (Wildman–Crippen MR) is 126 cm³/mol. The topological polar surface area (TPSA) is 156 Å². The number of carboxylic acid groups (broad SMARTS) is 2. The van der Waals surface area contributed by atoms with Gasteiger partial charge in [0.05, 0.1) is 6.04 Å². The van der Waals surface area contributed by atoms with Gasteiger partial charge in [-0.2, -0.15) is 26.3 Å². The van der Waals surface area contributed by atoms with Gasteiger partial charge < -0.3 is 27.0 Å². The van der Waals surface area contributed by atoms with E-state index in [2.05, 4.69) is 23.5 Å². The van der Waals surface area contributed by atoms with Gasteiger partial charge in [-0.1, -0.05) is 48.5 Å². The quantitative estimate of drug-likeness (QED) is 0.235. The normalized spacial score (nSPS) is 11.8. The van der Waals surface area contributed by atoms with Crippen LogP contribution < -0.4 is 16.8 Å². The summed E-state index contributed by atoms with van der Waals surface area (Å²) in [5.41, 5.74) is 14.5. The van der Waals surface area contributed by atoms with Crippen molar-refractivity contribution in [1.82, 2.24) is 5.32 Å². The second-order valence-electron chi connectivity index (χ2n) is 7.49. The fourth-order valence-electron chi connectivity index (χ4n) is 2.96. The number of hydrogen-bond acceptors (Lipinski definition) is 5. The third-order valence-electron chi connectivity index (χ3n) is 4.72. The third kappa shape index (κ3) is 9.61. The molecule has 0 fully saturated rings. The number of nitrogens with two attached hydrogens (primary N) is 2. The van der Waals surface area contributed by atoms with Crippen molar-refractivity contribution in [3.8, 4) is 0 Å². The molecule has 0 saturated carbocycles. The maximum Gasteiger partial charge on any atom is 0.490 e. The summed E-state index contributed by atoms with van der Waals surface area (Å²) in [7, 11) is 0. The van der Waals surface area contributed by atoms with E-state index in [1.165, 1.54) is 0 Å². The minimum atomic E-state index is -5.08. The largest absolute Gasteiger partial charge is 0.490 e. The van der Waals surface area contributed by atoms with Crippen LogP contribution in [0.15, 0.2) is 60.7 Å². The number of anilines is 1. The number of halogens is 6. The molecule has 3 rings (SSSR count). The Morgan fingerprint density at radius 1 is 0.868 bits per heavy atom. The highest BCUT2D eigenvalue weighted by atomic mass is 19.4. The van der Waals surface area contributed by atoms with Gasteiger partial charge in [0, 0.05) is 17.8 Å². The number of carbonyl (C=O) groups is 3. The number of alkyl halides is 6. The molecule has 0 aliphatic rings. The lowest BCUT2D eigenvalue weighted by atomic mass is 9.99. The molecule has 7 N–H and O–H groups in total. The zero-order valence-electron chi connectivity index (χ0n) is 19.6. The van der Waals surface area contributed by atoms with Gasteiger partial charge in [0.1, 0.15) is 0 Å². The molecular formula is C24H23F6N3O5. The van der Waals surface area contributed by atoms with Gasteiger partial charge >= 0.3 is 24.3 Å². The van der Waals surface area contributed by atoms with Crippen molar-refractivity contribution >= 4 is 34.3 Å². The molecule has 1 amide bonds.